The number of guanidine groups is 1. The molecule has 1 saturated heterocycles. The molecule has 29 heavy (non-hydrogen) atoms. The van der Waals surface area contributed by atoms with Gasteiger partial charge < -0.3 is 16.4 Å². The minimum Gasteiger partial charge on any atom is -0.355 e. The normalized spacial score (nSPS) is 19.5. The van der Waals surface area contributed by atoms with E-state index in [2.05, 4.69) is 39.0 Å². The zero-order chi connectivity index (χ0) is 20.9. The summed E-state index contributed by atoms with van der Waals surface area (Å²) in [6, 6.07) is 10.0. The number of halogens is 1. The van der Waals surface area contributed by atoms with Crippen molar-refractivity contribution in [3.8, 4) is 0 Å². The lowest BCUT2D eigenvalue weighted by Crippen LogP contribution is -2.52. The van der Waals surface area contributed by atoms with Gasteiger partial charge in [0.05, 0.1) is 16.4 Å². The topological polar surface area (TPSA) is 82.8 Å². The molecule has 0 radical (unpaired) electrons. The summed E-state index contributed by atoms with van der Waals surface area (Å²) in [5, 5.41) is 8.48. The maximum Gasteiger partial charge on any atom is 0.192 e. The van der Waals surface area contributed by atoms with Crippen molar-refractivity contribution in [1.82, 2.24) is 14.9 Å². The van der Waals surface area contributed by atoms with Gasteiger partial charge in [-0.05, 0) is 54.4 Å². The van der Waals surface area contributed by atoms with Crippen LogP contribution in [-0.4, -0.2) is 53.7 Å². The number of hydrogen-bond acceptors (Lipinski definition) is 4. The van der Waals surface area contributed by atoms with Crippen LogP contribution in [0.4, 0.5) is 4.39 Å². The van der Waals surface area contributed by atoms with E-state index in [-0.39, 0.29) is 11.2 Å². The third-order valence-electron chi connectivity index (χ3n) is 5.41. The molecule has 0 amide bonds. The highest BCUT2D eigenvalue weighted by molar-refractivity contribution is 7.98. The second kappa shape index (κ2) is 9.25. The van der Waals surface area contributed by atoms with Gasteiger partial charge in [-0.25, -0.2) is 12.9 Å². The monoisotopic (exact) mass is 437 g/mol. The smallest absolute Gasteiger partial charge is 0.192 e. The SMILES string of the molecule is C=S(=O)(c1ccc(F)cc1)N1CCC(CNC(=NC)NCN)(c2cccs2)CC1. The number of nitrogens with zero attached hydrogens (tertiary/aromatic N) is 2. The summed E-state index contributed by atoms with van der Waals surface area (Å²) in [7, 11) is -0.931. The molecule has 0 bridgehead atoms. The zero-order valence-corrected chi connectivity index (χ0v) is 18.2. The predicted molar refractivity (Wildman–Crippen MR) is 120 cm³/mol. The van der Waals surface area contributed by atoms with Crippen molar-refractivity contribution < 1.29 is 8.60 Å². The van der Waals surface area contributed by atoms with Crippen molar-refractivity contribution in [2.24, 2.45) is 10.7 Å². The van der Waals surface area contributed by atoms with Gasteiger partial charge in [-0.3, -0.25) is 4.99 Å². The van der Waals surface area contributed by atoms with Crippen LogP contribution in [0.1, 0.15) is 17.7 Å². The van der Waals surface area contributed by atoms with Gasteiger partial charge in [-0.2, -0.15) is 0 Å². The van der Waals surface area contributed by atoms with E-state index in [9.17, 15) is 8.60 Å². The minimum atomic E-state index is -2.65. The molecule has 1 aromatic heterocycles. The first-order chi connectivity index (χ1) is 13.9. The fourth-order valence-corrected chi connectivity index (χ4v) is 6.29. The molecule has 158 valence electrons. The number of piperidine rings is 1. The van der Waals surface area contributed by atoms with E-state index in [0.717, 1.165) is 12.8 Å². The average molecular weight is 438 g/mol. The molecule has 2 aromatic rings. The maximum absolute atomic E-state index is 13.4. The summed E-state index contributed by atoms with van der Waals surface area (Å²) in [5.41, 5.74) is 5.48. The number of thiophene rings is 1. The van der Waals surface area contributed by atoms with Crippen LogP contribution in [0.25, 0.3) is 0 Å². The quantitative estimate of drug-likeness (QED) is 0.279. The fraction of sp³-hybridized carbons (Fsp3) is 0.400. The van der Waals surface area contributed by atoms with Crippen LogP contribution < -0.4 is 16.4 Å². The van der Waals surface area contributed by atoms with Gasteiger partial charge >= 0.3 is 0 Å². The Balaban J connectivity index is 1.76. The molecule has 2 heterocycles. The van der Waals surface area contributed by atoms with Crippen LogP contribution >= 0.6 is 11.3 Å². The molecule has 1 atom stereocenters. The second-order valence-corrected chi connectivity index (χ2v) is 10.3. The summed E-state index contributed by atoms with van der Waals surface area (Å²) in [6.45, 7) is 2.29. The van der Waals surface area contributed by atoms with Crippen molar-refractivity contribution >= 4 is 32.9 Å². The van der Waals surface area contributed by atoms with Crippen molar-refractivity contribution in [3.05, 3.63) is 52.5 Å². The first-order valence-electron chi connectivity index (χ1n) is 9.48. The Kier molecular flexibility index (Phi) is 6.94. The van der Waals surface area contributed by atoms with Crippen molar-refractivity contribution in [2.45, 2.75) is 23.2 Å². The lowest BCUT2D eigenvalue weighted by atomic mass is 9.77. The molecule has 6 nitrogen and oxygen atoms in total. The average Bonchev–Trinajstić information content (AvgIpc) is 3.27. The van der Waals surface area contributed by atoms with Gasteiger partial charge in [0, 0.05) is 41.9 Å². The van der Waals surface area contributed by atoms with Gasteiger partial charge in [0.15, 0.2) is 5.96 Å². The molecule has 1 unspecified atom stereocenters. The third kappa shape index (κ3) is 4.80. The fourth-order valence-electron chi connectivity index (χ4n) is 3.67. The van der Waals surface area contributed by atoms with Gasteiger partial charge in [0.2, 0.25) is 0 Å². The molecule has 9 heteroatoms. The molecule has 1 fully saturated rings. The van der Waals surface area contributed by atoms with Gasteiger partial charge in [0.1, 0.15) is 5.82 Å². The first kappa shape index (κ1) is 21.8. The minimum absolute atomic E-state index is 0.0881. The van der Waals surface area contributed by atoms with E-state index in [0.29, 0.717) is 37.2 Å². The van der Waals surface area contributed by atoms with Crippen molar-refractivity contribution in [2.75, 3.05) is 33.4 Å². The Labute approximate surface area is 176 Å². The predicted octanol–water partition coefficient (Wildman–Crippen LogP) is 1.99. The standard InChI is InChI=1S/C20H28FN5OS2/c1-23-19(25-15-22)24-14-20(18-4-3-13-28-18)9-11-26(12-10-20)29(2,27)17-7-5-16(21)6-8-17/h3-8,13H,2,9-12,14-15,22H2,1H3,(H2,23,24,25). The van der Waals surface area contributed by atoms with E-state index in [1.165, 1.54) is 17.0 Å². The third-order valence-corrected chi connectivity index (χ3v) is 8.73. The Morgan fingerprint density at radius 3 is 2.55 bits per heavy atom. The summed E-state index contributed by atoms with van der Waals surface area (Å²) in [4.78, 5) is 6.06. The van der Waals surface area contributed by atoms with E-state index in [4.69, 9.17) is 5.73 Å². The van der Waals surface area contributed by atoms with E-state index in [1.807, 2.05) is 4.31 Å². The molecular weight excluding hydrogens is 409 g/mol. The number of nitrogens with two attached hydrogens (primary N) is 1. The molecule has 1 aromatic carbocycles. The zero-order valence-electron chi connectivity index (χ0n) is 16.6. The first-order valence-corrected chi connectivity index (χ1v) is 12.0. The summed E-state index contributed by atoms with van der Waals surface area (Å²) in [5.74, 6) is 4.31. The van der Waals surface area contributed by atoms with Crippen molar-refractivity contribution in [3.63, 3.8) is 0 Å². The van der Waals surface area contributed by atoms with Gasteiger partial charge in [-0.15, -0.1) is 11.3 Å². The van der Waals surface area contributed by atoms with E-state index >= 15 is 0 Å². The van der Waals surface area contributed by atoms with Gasteiger partial charge in [0.25, 0.3) is 0 Å². The Hall–Kier alpha value is -1.94. The van der Waals surface area contributed by atoms with Crippen LogP contribution in [-0.2, 0) is 15.1 Å². The highest BCUT2D eigenvalue weighted by Gasteiger charge is 2.39. The van der Waals surface area contributed by atoms with E-state index in [1.54, 1.807) is 30.5 Å². The number of benzene rings is 1. The van der Waals surface area contributed by atoms with Crippen molar-refractivity contribution in [1.29, 1.82) is 0 Å². The summed E-state index contributed by atoms with van der Waals surface area (Å²) < 4.78 is 28.6. The highest BCUT2D eigenvalue weighted by atomic mass is 32.2. The molecule has 0 spiro atoms. The maximum atomic E-state index is 13.4. The van der Waals surface area contributed by atoms with Crippen LogP contribution in [0.15, 0.2) is 51.7 Å². The lowest BCUT2D eigenvalue weighted by molar-refractivity contribution is 0.241. The number of hydrogen-bond donors (Lipinski definition) is 3. The molecule has 0 aliphatic carbocycles. The molecular formula is C20H28FN5OS2. The van der Waals surface area contributed by atoms with Crippen LogP contribution in [0, 0.1) is 5.82 Å². The number of aliphatic imine (C=N–C) groups is 1. The Morgan fingerprint density at radius 1 is 1.31 bits per heavy atom. The van der Waals surface area contributed by atoms with Crippen LogP contribution in [0.3, 0.4) is 0 Å². The Bertz CT molecular complexity index is 918. The van der Waals surface area contributed by atoms with Gasteiger partial charge in [-0.1, -0.05) is 6.07 Å². The summed E-state index contributed by atoms with van der Waals surface area (Å²) in [6.07, 6.45) is 1.65. The molecule has 1 aliphatic heterocycles. The molecule has 1 aliphatic rings. The van der Waals surface area contributed by atoms with Crippen LogP contribution in [0.5, 0.6) is 0 Å². The highest BCUT2D eigenvalue weighted by Crippen LogP contribution is 2.39. The number of rotatable bonds is 6. The lowest BCUT2D eigenvalue weighted by Gasteiger charge is -2.42. The largest absolute Gasteiger partial charge is 0.355 e. The molecule has 0 saturated carbocycles. The summed E-state index contributed by atoms with van der Waals surface area (Å²) >= 11 is 1.74. The van der Waals surface area contributed by atoms with E-state index < -0.39 is 9.71 Å². The Morgan fingerprint density at radius 2 is 2.00 bits per heavy atom. The second-order valence-electron chi connectivity index (χ2n) is 7.09. The molecule has 3 rings (SSSR count). The van der Waals surface area contributed by atoms with Crippen LogP contribution in [0.2, 0.25) is 0 Å². The molecule has 4 N–H and O–H groups in total. The number of nitrogens with one attached hydrogen (secondary N) is 2.